The molecule has 2 N–H and O–H groups in total. The zero-order valence-electron chi connectivity index (χ0n) is 14.2. The predicted molar refractivity (Wildman–Crippen MR) is 89.2 cm³/mol. The smallest absolute Gasteiger partial charge is 0.122 e. The van der Waals surface area contributed by atoms with Crippen molar-refractivity contribution < 1.29 is 9.84 Å². The largest absolute Gasteiger partial charge is 0.493 e. The van der Waals surface area contributed by atoms with Gasteiger partial charge in [-0.3, -0.25) is 0 Å². The highest BCUT2D eigenvalue weighted by atomic mass is 16.5. The zero-order valence-corrected chi connectivity index (χ0v) is 14.2. The Morgan fingerprint density at radius 1 is 1.33 bits per heavy atom. The van der Waals surface area contributed by atoms with Crippen LogP contribution in [0.2, 0.25) is 0 Å². The number of nitrogens with one attached hydrogen (secondary N) is 1. The highest BCUT2D eigenvalue weighted by Crippen LogP contribution is 2.28. The van der Waals surface area contributed by atoms with Gasteiger partial charge in [0.2, 0.25) is 0 Å². The van der Waals surface area contributed by atoms with E-state index >= 15 is 0 Å². The first-order valence-corrected chi connectivity index (χ1v) is 8.01. The third kappa shape index (κ3) is 5.01. The van der Waals surface area contributed by atoms with E-state index in [4.69, 9.17) is 4.74 Å². The molecule has 0 aliphatic heterocycles. The molecule has 1 atom stereocenters. The summed E-state index contributed by atoms with van der Waals surface area (Å²) in [5, 5.41) is 12.8. The number of hydrogen-bond donors (Lipinski definition) is 2. The fourth-order valence-corrected chi connectivity index (χ4v) is 2.58. The summed E-state index contributed by atoms with van der Waals surface area (Å²) in [6.45, 7) is 9.42. The molecule has 0 saturated carbocycles. The van der Waals surface area contributed by atoms with E-state index in [0.717, 1.165) is 25.0 Å². The topological polar surface area (TPSA) is 41.5 Å². The summed E-state index contributed by atoms with van der Waals surface area (Å²) in [5.74, 6) is 1.46. The van der Waals surface area contributed by atoms with Gasteiger partial charge in [0.05, 0.1) is 13.2 Å². The van der Waals surface area contributed by atoms with Crippen LogP contribution in [0.4, 0.5) is 0 Å². The van der Waals surface area contributed by atoms with E-state index in [9.17, 15) is 5.11 Å². The second-order valence-corrected chi connectivity index (χ2v) is 6.19. The zero-order chi connectivity index (χ0) is 15.9. The SMILES string of the molecule is CCC(CO)(CCCOc1cc(C)ccc1C(C)C)NC. The first-order chi connectivity index (χ1) is 9.98. The lowest BCUT2D eigenvalue weighted by Crippen LogP contribution is -2.46. The van der Waals surface area contributed by atoms with Gasteiger partial charge in [-0.2, -0.15) is 0 Å². The third-order valence-electron chi connectivity index (χ3n) is 4.36. The van der Waals surface area contributed by atoms with Crippen LogP contribution in [0.3, 0.4) is 0 Å². The molecule has 1 rings (SSSR count). The minimum absolute atomic E-state index is 0.168. The van der Waals surface area contributed by atoms with E-state index in [2.05, 4.69) is 51.2 Å². The second kappa shape index (κ2) is 8.40. The van der Waals surface area contributed by atoms with Crippen molar-refractivity contribution in [2.75, 3.05) is 20.3 Å². The molecule has 21 heavy (non-hydrogen) atoms. The van der Waals surface area contributed by atoms with Gasteiger partial charge in [0.15, 0.2) is 0 Å². The molecule has 0 aliphatic rings. The fourth-order valence-electron chi connectivity index (χ4n) is 2.58. The molecule has 0 aromatic heterocycles. The van der Waals surface area contributed by atoms with Crippen LogP contribution in [0.5, 0.6) is 5.75 Å². The Hall–Kier alpha value is -1.06. The van der Waals surface area contributed by atoms with E-state index in [0.29, 0.717) is 12.5 Å². The van der Waals surface area contributed by atoms with Crippen molar-refractivity contribution in [3.05, 3.63) is 29.3 Å². The molecule has 0 amide bonds. The maximum absolute atomic E-state index is 9.54. The first-order valence-electron chi connectivity index (χ1n) is 8.01. The van der Waals surface area contributed by atoms with E-state index in [-0.39, 0.29) is 12.1 Å². The van der Waals surface area contributed by atoms with Crippen molar-refractivity contribution in [1.29, 1.82) is 0 Å². The van der Waals surface area contributed by atoms with Gasteiger partial charge in [-0.05, 0) is 56.3 Å². The lowest BCUT2D eigenvalue weighted by molar-refractivity contribution is 0.145. The molecular formula is C18H31NO2. The van der Waals surface area contributed by atoms with Gasteiger partial charge in [0.25, 0.3) is 0 Å². The lowest BCUT2D eigenvalue weighted by atomic mass is 9.92. The summed E-state index contributed by atoms with van der Waals surface area (Å²) < 4.78 is 6.00. The molecule has 3 heteroatoms. The van der Waals surface area contributed by atoms with E-state index in [1.54, 1.807) is 0 Å². The van der Waals surface area contributed by atoms with Gasteiger partial charge in [0, 0.05) is 5.54 Å². The quantitative estimate of drug-likeness (QED) is 0.683. The number of aliphatic hydroxyl groups is 1. The van der Waals surface area contributed by atoms with Gasteiger partial charge in [-0.1, -0.05) is 32.9 Å². The van der Waals surface area contributed by atoms with E-state index in [1.807, 2.05) is 7.05 Å². The maximum Gasteiger partial charge on any atom is 0.122 e. The Balaban J connectivity index is 2.58. The molecule has 1 aromatic rings. The van der Waals surface area contributed by atoms with Crippen LogP contribution in [-0.4, -0.2) is 30.9 Å². The maximum atomic E-state index is 9.54. The lowest BCUT2D eigenvalue weighted by Gasteiger charge is -2.30. The van der Waals surface area contributed by atoms with Crippen molar-refractivity contribution in [3.63, 3.8) is 0 Å². The summed E-state index contributed by atoms with van der Waals surface area (Å²) >= 11 is 0. The molecule has 0 heterocycles. The van der Waals surface area contributed by atoms with Crippen molar-refractivity contribution in [2.45, 2.75) is 58.4 Å². The van der Waals surface area contributed by atoms with Crippen molar-refractivity contribution in [3.8, 4) is 5.75 Å². The Morgan fingerprint density at radius 3 is 2.57 bits per heavy atom. The monoisotopic (exact) mass is 293 g/mol. The molecule has 0 aliphatic carbocycles. The number of hydrogen-bond acceptors (Lipinski definition) is 3. The number of likely N-dealkylation sites (N-methyl/N-ethyl adjacent to an activating group) is 1. The molecule has 3 nitrogen and oxygen atoms in total. The number of ether oxygens (including phenoxy) is 1. The molecule has 1 aromatic carbocycles. The average Bonchev–Trinajstić information content (AvgIpc) is 2.48. The van der Waals surface area contributed by atoms with Crippen LogP contribution < -0.4 is 10.1 Å². The summed E-state index contributed by atoms with van der Waals surface area (Å²) in [4.78, 5) is 0. The number of rotatable bonds is 9. The Kier molecular flexibility index (Phi) is 7.20. The van der Waals surface area contributed by atoms with Crippen LogP contribution in [0.25, 0.3) is 0 Å². The van der Waals surface area contributed by atoms with Crippen molar-refractivity contribution >= 4 is 0 Å². The minimum atomic E-state index is -0.170. The number of benzene rings is 1. The molecule has 0 fully saturated rings. The number of aliphatic hydroxyl groups excluding tert-OH is 1. The van der Waals surface area contributed by atoms with Gasteiger partial charge in [-0.25, -0.2) is 0 Å². The highest BCUT2D eigenvalue weighted by molar-refractivity contribution is 5.39. The number of aryl methyl sites for hydroxylation is 1. The summed E-state index contributed by atoms with van der Waals surface area (Å²) in [6, 6.07) is 6.41. The van der Waals surface area contributed by atoms with Crippen LogP contribution >= 0.6 is 0 Å². The molecule has 120 valence electrons. The van der Waals surface area contributed by atoms with Gasteiger partial charge in [0.1, 0.15) is 5.75 Å². The predicted octanol–water partition coefficient (Wildman–Crippen LogP) is 3.64. The van der Waals surface area contributed by atoms with Crippen LogP contribution in [0.15, 0.2) is 18.2 Å². The van der Waals surface area contributed by atoms with E-state index in [1.165, 1.54) is 11.1 Å². The van der Waals surface area contributed by atoms with Gasteiger partial charge < -0.3 is 15.2 Å². The highest BCUT2D eigenvalue weighted by Gasteiger charge is 2.24. The average molecular weight is 293 g/mol. The van der Waals surface area contributed by atoms with Gasteiger partial charge >= 0.3 is 0 Å². The summed E-state index contributed by atoms with van der Waals surface area (Å²) in [5.41, 5.74) is 2.32. The third-order valence-corrected chi connectivity index (χ3v) is 4.36. The fraction of sp³-hybridized carbons (Fsp3) is 0.667. The van der Waals surface area contributed by atoms with Gasteiger partial charge in [-0.15, -0.1) is 0 Å². The minimum Gasteiger partial charge on any atom is -0.493 e. The van der Waals surface area contributed by atoms with Crippen LogP contribution in [0.1, 0.15) is 57.1 Å². The van der Waals surface area contributed by atoms with Crippen molar-refractivity contribution in [2.24, 2.45) is 0 Å². The molecule has 0 saturated heterocycles. The summed E-state index contributed by atoms with van der Waals surface area (Å²) in [7, 11) is 1.91. The summed E-state index contributed by atoms with van der Waals surface area (Å²) in [6.07, 6.45) is 2.77. The Morgan fingerprint density at radius 2 is 2.05 bits per heavy atom. The van der Waals surface area contributed by atoms with Crippen LogP contribution in [-0.2, 0) is 0 Å². The molecule has 1 unspecified atom stereocenters. The standard InChI is InChI=1S/C18H31NO2/c1-6-18(13-20,19-5)10-7-11-21-17-12-15(4)8-9-16(17)14(2)3/h8-9,12,14,19-20H,6-7,10-11,13H2,1-5H3. The molecular weight excluding hydrogens is 262 g/mol. The molecule has 0 radical (unpaired) electrons. The van der Waals surface area contributed by atoms with Crippen molar-refractivity contribution in [1.82, 2.24) is 5.32 Å². The first kappa shape index (κ1) is 18.0. The normalized spacial score (nSPS) is 14.2. The van der Waals surface area contributed by atoms with E-state index < -0.39 is 0 Å². The molecule has 0 spiro atoms. The second-order valence-electron chi connectivity index (χ2n) is 6.19. The van der Waals surface area contributed by atoms with Crippen LogP contribution in [0, 0.1) is 6.92 Å². The Bertz CT molecular complexity index is 417. The Labute approximate surface area is 129 Å². The molecule has 0 bridgehead atoms.